The van der Waals surface area contributed by atoms with E-state index in [2.05, 4.69) is 44.5 Å². The highest BCUT2D eigenvalue weighted by Crippen LogP contribution is 2.19. The zero-order chi connectivity index (χ0) is 12.4. The first kappa shape index (κ1) is 13.9. The maximum Gasteiger partial charge on any atom is 0.0277 e. The number of nitrogens with two attached hydrogens (primary N) is 1. The van der Waals surface area contributed by atoms with E-state index in [4.69, 9.17) is 5.73 Å². The van der Waals surface area contributed by atoms with Crippen molar-refractivity contribution in [1.29, 1.82) is 0 Å². The van der Waals surface area contributed by atoms with Crippen LogP contribution in [0.1, 0.15) is 40.5 Å². The molecule has 0 radical (unpaired) electrons. The van der Waals surface area contributed by atoms with Crippen LogP contribution in [-0.4, -0.2) is 54.1 Å². The molecule has 0 aliphatic carbocycles. The zero-order valence-electron chi connectivity index (χ0n) is 11.7. The topological polar surface area (TPSA) is 32.5 Å². The van der Waals surface area contributed by atoms with Gasteiger partial charge in [0.1, 0.15) is 0 Å². The molecule has 0 aromatic carbocycles. The van der Waals surface area contributed by atoms with E-state index < -0.39 is 0 Å². The maximum absolute atomic E-state index is 6.00. The first-order valence-corrected chi connectivity index (χ1v) is 6.43. The Balaban J connectivity index is 2.29. The summed E-state index contributed by atoms with van der Waals surface area (Å²) in [7, 11) is 2.22. The Morgan fingerprint density at radius 2 is 1.88 bits per heavy atom. The molecule has 0 atom stereocenters. The van der Waals surface area contributed by atoms with E-state index in [1.54, 1.807) is 0 Å². The summed E-state index contributed by atoms with van der Waals surface area (Å²) in [4.78, 5) is 5.03. The van der Waals surface area contributed by atoms with Gasteiger partial charge in [-0.25, -0.2) is 0 Å². The van der Waals surface area contributed by atoms with E-state index >= 15 is 0 Å². The Hall–Kier alpha value is -0.120. The first-order valence-electron chi connectivity index (χ1n) is 6.43. The van der Waals surface area contributed by atoms with Crippen LogP contribution >= 0.6 is 0 Å². The summed E-state index contributed by atoms with van der Waals surface area (Å²) in [6.45, 7) is 13.6. The fourth-order valence-electron chi connectivity index (χ4n) is 2.29. The van der Waals surface area contributed by atoms with Gasteiger partial charge in [0, 0.05) is 30.7 Å². The second-order valence-electron chi connectivity index (χ2n) is 6.60. The molecular formula is C13H29N3. The second-order valence-corrected chi connectivity index (χ2v) is 6.60. The van der Waals surface area contributed by atoms with Crippen molar-refractivity contribution in [2.45, 2.75) is 51.6 Å². The number of nitrogens with zero attached hydrogens (tertiary/aromatic N) is 2. The summed E-state index contributed by atoms with van der Waals surface area (Å²) in [6.07, 6.45) is 2.32. The minimum Gasteiger partial charge on any atom is -0.326 e. The third-order valence-corrected chi connectivity index (χ3v) is 3.69. The molecule has 0 aromatic rings. The fraction of sp³-hybridized carbons (Fsp3) is 1.00. The van der Waals surface area contributed by atoms with E-state index in [0.29, 0.717) is 5.54 Å². The third kappa shape index (κ3) is 4.40. The lowest BCUT2D eigenvalue weighted by atomic mass is 9.97. The van der Waals surface area contributed by atoms with E-state index in [0.717, 1.165) is 6.42 Å². The van der Waals surface area contributed by atoms with Gasteiger partial charge in [0.25, 0.3) is 0 Å². The highest BCUT2D eigenvalue weighted by molar-refractivity contribution is 4.88. The number of likely N-dealkylation sites (N-methyl/N-ethyl adjacent to an activating group) is 1. The molecule has 1 fully saturated rings. The van der Waals surface area contributed by atoms with Crippen LogP contribution in [0.3, 0.4) is 0 Å². The minimum atomic E-state index is -0.0118. The van der Waals surface area contributed by atoms with Crippen LogP contribution in [0.4, 0.5) is 0 Å². The number of rotatable bonds is 4. The third-order valence-electron chi connectivity index (χ3n) is 3.69. The zero-order valence-corrected chi connectivity index (χ0v) is 11.7. The normalized spacial score (nSPS) is 23.6. The van der Waals surface area contributed by atoms with Gasteiger partial charge in [-0.15, -0.1) is 0 Å². The quantitative estimate of drug-likeness (QED) is 0.790. The van der Waals surface area contributed by atoms with Crippen molar-refractivity contribution in [2.24, 2.45) is 5.73 Å². The summed E-state index contributed by atoms with van der Waals surface area (Å²) in [5, 5.41) is 0. The van der Waals surface area contributed by atoms with Gasteiger partial charge < -0.3 is 10.6 Å². The van der Waals surface area contributed by atoms with E-state index in [1.807, 2.05) is 0 Å². The molecule has 1 aliphatic rings. The van der Waals surface area contributed by atoms with Crippen molar-refractivity contribution in [3.63, 3.8) is 0 Å². The molecule has 1 saturated heterocycles. The molecule has 3 nitrogen and oxygen atoms in total. The summed E-state index contributed by atoms with van der Waals surface area (Å²) >= 11 is 0. The summed E-state index contributed by atoms with van der Waals surface area (Å²) in [5.74, 6) is 0. The monoisotopic (exact) mass is 227 g/mol. The lowest BCUT2D eigenvalue weighted by Gasteiger charge is -2.45. The molecule has 0 amide bonds. The van der Waals surface area contributed by atoms with Crippen LogP contribution in [0.25, 0.3) is 0 Å². The van der Waals surface area contributed by atoms with Gasteiger partial charge in [-0.2, -0.15) is 0 Å². The van der Waals surface area contributed by atoms with E-state index in [-0.39, 0.29) is 5.54 Å². The predicted octanol–water partition coefficient (Wildman–Crippen LogP) is 1.53. The van der Waals surface area contributed by atoms with Crippen LogP contribution in [0, 0.1) is 0 Å². The molecule has 1 rings (SSSR count). The SMILES string of the molecule is CN1CCN(CCCC(C)(C)N)CC1(C)C. The Morgan fingerprint density at radius 1 is 1.25 bits per heavy atom. The molecule has 0 unspecified atom stereocenters. The van der Waals surface area contributed by atoms with Gasteiger partial charge >= 0.3 is 0 Å². The molecule has 0 spiro atoms. The molecule has 96 valence electrons. The Morgan fingerprint density at radius 3 is 2.38 bits per heavy atom. The molecular weight excluding hydrogens is 198 g/mol. The van der Waals surface area contributed by atoms with Crippen molar-refractivity contribution in [2.75, 3.05) is 33.2 Å². The van der Waals surface area contributed by atoms with Gasteiger partial charge in [-0.3, -0.25) is 4.90 Å². The summed E-state index contributed by atoms with van der Waals surface area (Å²) in [5.41, 5.74) is 6.30. The van der Waals surface area contributed by atoms with Crippen molar-refractivity contribution in [3.8, 4) is 0 Å². The standard InChI is InChI=1S/C13H29N3/c1-12(2,14)7-6-8-16-10-9-15(5)13(3,4)11-16/h6-11,14H2,1-5H3. The van der Waals surface area contributed by atoms with Gasteiger partial charge in [-0.1, -0.05) is 0 Å². The molecule has 1 heterocycles. The average molecular weight is 227 g/mol. The summed E-state index contributed by atoms with van der Waals surface area (Å²) < 4.78 is 0. The van der Waals surface area contributed by atoms with Gasteiger partial charge in [-0.05, 0) is 54.1 Å². The van der Waals surface area contributed by atoms with Crippen molar-refractivity contribution < 1.29 is 0 Å². The average Bonchev–Trinajstić information content (AvgIpc) is 2.08. The lowest BCUT2D eigenvalue weighted by Crippen LogP contribution is -2.57. The van der Waals surface area contributed by atoms with Crippen LogP contribution < -0.4 is 5.73 Å². The smallest absolute Gasteiger partial charge is 0.0277 e. The number of hydrogen-bond donors (Lipinski definition) is 1. The van der Waals surface area contributed by atoms with Gasteiger partial charge in [0.05, 0.1) is 0 Å². The number of piperazine rings is 1. The molecule has 0 aromatic heterocycles. The van der Waals surface area contributed by atoms with Gasteiger partial charge in [0.2, 0.25) is 0 Å². The van der Waals surface area contributed by atoms with Crippen molar-refractivity contribution in [1.82, 2.24) is 9.80 Å². The van der Waals surface area contributed by atoms with Gasteiger partial charge in [0.15, 0.2) is 0 Å². The largest absolute Gasteiger partial charge is 0.326 e. The molecule has 0 bridgehead atoms. The molecule has 2 N–H and O–H groups in total. The first-order chi connectivity index (χ1) is 7.21. The predicted molar refractivity (Wildman–Crippen MR) is 70.6 cm³/mol. The maximum atomic E-state index is 6.00. The highest BCUT2D eigenvalue weighted by atomic mass is 15.3. The highest BCUT2D eigenvalue weighted by Gasteiger charge is 2.30. The number of hydrogen-bond acceptors (Lipinski definition) is 3. The van der Waals surface area contributed by atoms with E-state index in [9.17, 15) is 0 Å². The minimum absolute atomic E-state index is 0.0118. The fourth-order valence-corrected chi connectivity index (χ4v) is 2.29. The lowest BCUT2D eigenvalue weighted by molar-refractivity contribution is 0.0387. The van der Waals surface area contributed by atoms with Crippen molar-refractivity contribution in [3.05, 3.63) is 0 Å². The van der Waals surface area contributed by atoms with Crippen LogP contribution in [0.2, 0.25) is 0 Å². The Labute approximate surface area is 101 Å². The van der Waals surface area contributed by atoms with E-state index in [1.165, 1.54) is 32.6 Å². The van der Waals surface area contributed by atoms with Crippen LogP contribution in [-0.2, 0) is 0 Å². The molecule has 3 heteroatoms. The molecule has 16 heavy (non-hydrogen) atoms. The molecule has 0 saturated carbocycles. The molecule has 1 aliphatic heterocycles. The summed E-state index contributed by atoms with van der Waals surface area (Å²) in [6, 6.07) is 0. The Bertz CT molecular complexity index is 218. The second kappa shape index (κ2) is 5.03. The van der Waals surface area contributed by atoms with Crippen LogP contribution in [0.5, 0.6) is 0 Å². The van der Waals surface area contributed by atoms with Crippen molar-refractivity contribution >= 4 is 0 Å². The Kier molecular flexibility index (Phi) is 4.38. The van der Waals surface area contributed by atoms with Crippen LogP contribution in [0.15, 0.2) is 0 Å².